The zero-order valence-corrected chi connectivity index (χ0v) is 12.8. The van der Waals surface area contributed by atoms with Gasteiger partial charge in [-0.2, -0.15) is 8.75 Å². The number of rotatable bonds is 4. The van der Waals surface area contributed by atoms with Crippen molar-refractivity contribution in [3.8, 4) is 0 Å². The number of aromatic nitrogens is 2. The smallest absolute Gasteiger partial charge is 0.134 e. The van der Waals surface area contributed by atoms with Crippen molar-refractivity contribution in [1.82, 2.24) is 13.6 Å². The minimum Gasteiger partial charge on any atom is -0.303 e. The monoisotopic (exact) mass is 283 g/mol. The van der Waals surface area contributed by atoms with Crippen molar-refractivity contribution >= 4 is 23.5 Å². The number of thioether (sulfide) groups is 1. The quantitative estimate of drug-likeness (QED) is 0.794. The van der Waals surface area contributed by atoms with Gasteiger partial charge in [-0.05, 0) is 37.8 Å². The summed E-state index contributed by atoms with van der Waals surface area (Å²) in [5, 5.41) is 1.22. The molecule has 1 aromatic heterocycles. The van der Waals surface area contributed by atoms with E-state index in [2.05, 4.69) is 27.5 Å². The molecule has 0 radical (unpaired) electrons. The van der Waals surface area contributed by atoms with Gasteiger partial charge in [-0.25, -0.2) is 0 Å². The SMILES string of the molecule is CC(C)CSc1nsnc1C1CN2CCC1CC2. The van der Waals surface area contributed by atoms with Gasteiger partial charge in [-0.15, -0.1) is 11.8 Å². The molecule has 100 valence electrons. The van der Waals surface area contributed by atoms with Crippen LogP contribution >= 0.6 is 23.5 Å². The molecule has 1 aromatic rings. The molecule has 0 aromatic carbocycles. The van der Waals surface area contributed by atoms with Crippen LogP contribution in [0.15, 0.2) is 5.03 Å². The van der Waals surface area contributed by atoms with E-state index in [0.29, 0.717) is 5.92 Å². The second kappa shape index (κ2) is 5.47. The molecule has 0 saturated carbocycles. The molecule has 4 rings (SSSR count). The summed E-state index contributed by atoms with van der Waals surface area (Å²) in [5.41, 5.74) is 1.31. The first kappa shape index (κ1) is 12.9. The topological polar surface area (TPSA) is 29.0 Å². The Morgan fingerprint density at radius 2 is 2.11 bits per heavy atom. The Morgan fingerprint density at radius 3 is 2.72 bits per heavy atom. The van der Waals surface area contributed by atoms with Crippen LogP contribution in [0.25, 0.3) is 0 Å². The standard InChI is InChI=1S/C13H21N3S2/c1-9(2)8-17-13-12(14-18-15-13)11-7-16-5-3-10(11)4-6-16/h9-11H,3-8H2,1-2H3. The molecule has 5 heteroatoms. The number of nitrogens with zero attached hydrogens (tertiary/aromatic N) is 3. The third-order valence-corrected chi connectivity index (χ3v) is 6.11. The van der Waals surface area contributed by atoms with E-state index in [1.807, 2.05) is 11.8 Å². The predicted octanol–water partition coefficient (Wildman–Crippen LogP) is 3.10. The van der Waals surface area contributed by atoms with E-state index in [0.717, 1.165) is 17.6 Å². The Hall–Kier alpha value is -0.130. The van der Waals surface area contributed by atoms with Crippen LogP contribution in [0.4, 0.5) is 0 Å². The first-order chi connectivity index (χ1) is 8.74. The van der Waals surface area contributed by atoms with Crippen LogP contribution in [-0.4, -0.2) is 39.0 Å². The molecule has 3 aliphatic heterocycles. The maximum Gasteiger partial charge on any atom is 0.134 e. The van der Waals surface area contributed by atoms with E-state index < -0.39 is 0 Å². The Bertz CT molecular complexity index is 397. The maximum atomic E-state index is 4.62. The molecule has 4 heterocycles. The lowest BCUT2D eigenvalue weighted by Gasteiger charge is -2.44. The van der Waals surface area contributed by atoms with Gasteiger partial charge in [-0.1, -0.05) is 13.8 Å². The molecule has 0 amide bonds. The average molecular weight is 283 g/mol. The van der Waals surface area contributed by atoms with E-state index in [-0.39, 0.29) is 0 Å². The highest BCUT2D eigenvalue weighted by atomic mass is 32.2. The van der Waals surface area contributed by atoms with Crippen molar-refractivity contribution in [2.75, 3.05) is 25.4 Å². The molecule has 18 heavy (non-hydrogen) atoms. The summed E-state index contributed by atoms with van der Waals surface area (Å²) in [6.07, 6.45) is 2.72. The molecule has 0 aliphatic carbocycles. The minimum atomic E-state index is 0.654. The summed E-state index contributed by atoms with van der Waals surface area (Å²) in [6, 6.07) is 0. The van der Waals surface area contributed by atoms with Crippen LogP contribution in [0, 0.1) is 11.8 Å². The van der Waals surface area contributed by atoms with E-state index in [4.69, 9.17) is 0 Å². The summed E-state index contributed by atoms with van der Waals surface area (Å²) < 4.78 is 9.14. The molecule has 3 saturated heterocycles. The third kappa shape index (κ3) is 2.58. The molecular weight excluding hydrogens is 262 g/mol. The fourth-order valence-corrected chi connectivity index (χ4v) is 4.76. The first-order valence-corrected chi connectivity index (χ1v) is 8.63. The lowest BCUT2D eigenvalue weighted by molar-refractivity contribution is 0.0846. The van der Waals surface area contributed by atoms with Crippen molar-refractivity contribution in [1.29, 1.82) is 0 Å². The number of piperidine rings is 3. The van der Waals surface area contributed by atoms with Gasteiger partial charge in [0, 0.05) is 18.2 Å². The summed E-state index contributed by atoms with van der Waals surface area (Å²) in [5.74, 6) is 3.38. The van der Waals surface area contributed by atoms with Crippen molar-refractivity contribution < 1.29 is 0 Å². The lowest BCUT2D eigenvalue weighted by atomic mass is 9.78. The largest absolute Gasteiger partial charge is 0.303 e. The van der Waals surface area contributed by atoms with Gasteiger partial charge in [0.2, 0.25) is 0 Å². The molecular formula is C13H21N3S2. The van der Waals surface area contributed by atoms with Crippen LogP contribution < -0.4 is 0 Å². The van der Waals surface area contributed by atoms with E-state index in [1.165, 1.54) is 54.9 Å². The normalized spacial score (nSPS) is 31.2. The van der Waals surface area contributed by atoms with Crippen molar-refractivity contribution in [2.45, 2.75) is 37.6 Å². The maximum absolute atomic E-state index is 4.62. The van der Waals surface area contributed by atoms with Crippen LogP contribution in [0.5, 0.6) is 0 Å². The highest BCUT2D eigenvalue weighted by Crippen LogP contribution is 2.41. The fourth-order valence-electron chi connectivity index (χ4n) is 3.03. The molecule has 3 aliphatic rings. The highest BCUT2D eigenvalue weighted by Gasteiger charge is 2.37. The molecule has 3 nitrogen and oxygen atoms in total. The van der Waals surface area contributed by atoms with Crippen LogP contribution in [0.3, 0.4) is 0 Å². The fraction of sp³-hybridized carbons (Fsp3) is 0.846. The lowest BCUT2D eigenvalue weighted by Crippen LogP contribution is -2.46. The summed E-state index contributed by atoms with van der Waals surface area (Å²) in [6.45, 7) is 8.34. The van der Waals surface area contributed by atoms with E-state index in [9.17, 15) is 0 Å². The van der Waals surface area contributed by atoms with Gasteiger partial charge in [0.25, 0.3) is 0 Å². The molecule has 0 spiro atoms. The van der Waals surface area contributed by atoms with Gasteiger partial charge < -0.3 is 4.90 Å². The van der Waals surface area contributed by atoms with Crippen molar-refractivity contribution in [3.63, 3.8) is 0 Å². The van der Waals surface area contributed by atoms with E-state index >= 15 is 0 Å². The van der Waals surface area contributed by atoms with Gasteiger partial charge in [-0.3, -0.25) is 0 Å². The van der Waals surface area contributed by atoms with E-state index in [1.54, 1.807) is 0 Å². The predicted molar refractivity (Wildman–Crippen MR) is 77.4 cm³/mol. The zero-order chi connectivity index (χ0) is 12.5. The van der Waals surface area contributed by atoms with Gasteiger partial charge in [0.1, 0.15) is 5.03 Å². The summed E-state index contributed by atoms with van der Waals surface area (Å²) >= 11 is 3.30. The molecule has 1 unspecified atom stereocenters. The summed E-state index contributed by atoms with van der Waals surface area (Å²) in [7, 11) is 0. The third-order valence-electron chi connectivity index (χ3n) is 4.04. The van der Waals surface area contributed by atoms with Gasteiger partial charge in [0.15, 0.2) is 0 Å². The van der Waals surface area contributed by atoms with Crippen molar-refractivity contribution in [2.24, 2.45) is 11.8 Å². The van der Waals surface area contributed by atoms with Crippen LogP contribution in [0.1, 0.15) is 38.3 Å². The van der Waals surface area contributed by atoms with Gasteiger partial charge in [0.05, 0.1) is 17.4 Å². The average Bonchev–Trinajstić information content (AvgIpc) is 2.86. The minimum absolute atomic E-state index is 0.654. The zero-order valence-electron chi connectivity index (χ0n) is 11.1. The number of hydrogen-bond donors (Lipinski definition) is 0. The highest BCUT2D eigenvalue weighted by molar-refractivity contribution is 7.99. The van der Waals surface area contributed by atoms with Crippen LogP contribution in [0.2, 0.25) is 0 Å². The summed E-state index contributed by atoms with van der Waals surface area (Å²) in [4.78, 5) is 2.60. The second-order valence-electron chi connectivity index (χ2n) is 5.90. The molecule has 2 bridgehead atoms. The van der Waals surface area contributed by atoms with Crippen molar-refractivity contribution in [3.05, 3.63) is 5.69 Å². The molecule has 0 N–H and O–H groups in total. The number of fused-ring (bicyclic) bond motifs is 3. The Labute approximate surface area is 118 Å². The second-order valence-corrected chi connectivity index (χ2v) is 7.44. The molecule has 1 atom stereocenters. The first-order valence-electron chi connectivity index (χ1n) is 6.91. The number of hydrogen-bond acceptors (Lipinski definition) is 5. The van der Waals surface area contributed by atoms with Crippen LogP contribution in [-0.2, 0) is 0 Å². The Morgan fingerprint density at radius 1 is 1.33 bits per heavy atom. The van der Waals surface area contributed by atoms with Gasteiger partial charge >= 0.3 is 0 Å². The Kier molecular flexibility index (Phi) is 3.91. The Balaban J connectivity index is 1.74. The molecule has 3 fully saturated rings.